The van der Waals surface area contributed by atoms with Crippen molar-refractivity contribution in [1.82, 2.24) is 4.72 Å². The van der Waals surface area contributed by atoms with Crippen LogP contribution < -0.4 is 10.5 Å². The van der Waals surface area contributed by atoms with E-state index in [0.717, 1.165) is 17.5 Å². The third-order valence-electron chi connectivity index (χ3n) is 3.41. The van der Waals surface area contributed by atoms with Gasteiger partial charge in [0, 0.05) is 11.7 Å². The molecule has 0 amide bonds. The molecular weight excluding hydrogens is 284 g/mol. The molecule has 0 radical (unpaired) electrons. The summed E-state index contributed by atoms with van der Waals surface area (Å²) in [6.07, 6.45) is 0.885. The van der Waals surface area contributed by atoms with Gasteiger partial charge in [-0.3, -0.25) is 0 Å². The first-order chi connectivity index (χ1) is 9.92. The van der Waals surface area contributed by atoms with Crippen LogP contribution in [0.25, 0.3) is 0 Å². The second-order valence-electron chi connectivity index (χ2n) is 5.01. The van der Waals surface area contributed by atoms with Crippen molar-refractivity contribution in [1.29, 1.82) is 0 Å². The number of nitrogen functional groups attached to an aromatic ring is 1. The Bertz CT molecular complexity index is 692. The number of aryl methyl sites for hydroxylation is 1. The quantitative estimate of drug-likeness (QED) is 0.834. The molecule has 0 aromatic heterocycles. The van der Waals surface area contributed by atoms with Gasteiger partial charge in [-0.25, -0.2) is 13.1 Å². The molecule has 112 valence electrons. The molecule has 5 heteroatoms. The average Bonchev–Trinajstić information content (AvgIpc) is 2.47. The van der Waals surface area contributed by atoms with E-state index in [0.29, 0.717) is 5.69 Å². The lowest BCUT2D eigenvalue weighted by atomic mass is 10.1. The van der Waals surface area contributed by atoms with E-state index in [1.54, 1.807) is 24.3 Å². The highest BCUT2D eigenvalue weighted by Gasteiger charge is 2.18. The van der Waals surface area contributed by atoms with Gasteiger partial charge in [0.25, 0.3) is 0 Å². The lowest BCUT2D eigenvalue weighted by Gasteiger charge is -2.15. The van der Waals surface area contributed by atoms with Crippen LogP contribution in [0.2, 0.25) is 0 Å². The van der Waals surface area contributed by atoms with Gasteiger partial charge >= 0.3 is 0 Å². The van der Waals surface area contributed by atoms with Crippen molar-refractivity contribution < 1.29 is 8.42 Å². The minimum Gasteiger partial charge on any atom is -0.399 e. The molecule has 0 saturated carbocycles. The van der Waals surface area contributed by atoms with Gasteiger partial charge in [0.2, 0.25) is 10.0 Å². The molecule has 2 aromatic carbocycles. The molecule has 0 aliphatic rings. The van der Waals surface area contributed by atoms with E-state index >= 15 is 0 Å². The van der Waals surface area contributed by atoms with Crippen LogP contribution in [0.1, 0.15) is 31.0 Å². The van der Waals surface area contributed by atoms with Crippen LogP contribution in [0.15, 0.2) is 53.4 Å². The minimum atomic E-state index is -3.52. The van der Waals surface area contributed by atoms with E-state index in [2.05, 4.69) is 4.72 Å². The van der Waals surface area contributed by atoms with Gasteiger partial charge in [0.1, 0.15) is 0 Å². The lowest BCUT2D eigenvalue weighted by molar-refractivity contribution is 0.567. The summed E-state index contributed by atoms with van der Waals surface area (Å²) in [4.78, 5) is 0.280. The van der Waals surface area contributed by atoms with Gasteiger partial charge in [-0.2, -0.15) is 0 Å². The van der Waals surface area contributed by atoms with Gasteiger partial charge < -0.3 is 5.73 Å². The number of rotatable bonds is 5. The first kappa shape index (κ1) is 15.5. The molecular formula is C16H20N2O2S. The second-order valence-corrected chi connectivity index (χ2v) is 6.72. The zero-order valence-electron chi connectivity index (χ0n) is 12.2. The summed E-state index contributed by atoms with van der Waals surface area (Å²) in [5.74, 6) is 0. The van der Waals surface area contributed by atoms with Crippen molar-refractivity contribution in [3.63, 3.8) is 0 Å². The molecule has 0 bridgehead atoms. The molecule has 0 aliphatic carbocycles. The van der Waals surface area contributed by atoms with Gasteiger partial charge in [0.05, 0.1) is 4.90 Å². The van der Waals surface area contributed by atoms with Crippen molar-refractivity contribution in [2.45, 2.75) is 31.2 Å². The maximum Gasteiger partial charge on any atom is 0.241 e. The van der Waals surface area contributed by atoms with Gasteiger partial charge in [-0.05, 0) is 48.7 Å². The highest BCUT2D eigenvalue weighted by molar-refractivity contribution is 7.89. The summed E-state index contributed by atoms with van der Waals surface area (Å²) in [6.45, 7) is 3.84. The number of hydrogen-bond acceptors (Lipinski definition) is 3. The highest BCUT2D eigenvalue weighted by Crippen LogP contribution is 2.18. The Balaban J connectivity index is 2.17. The van der Waals surface area contributed by atoms with E-state index in [-0.39, 0.29) is 10.9 Å². The van der Waals surface area contributed by atoms with Crippen molar-refractivity contribution in [3.05, 3.63) is 59.7 Å². The molecule has 2 rings (SSSR count). The van der Waals surface area contributed by atoms with Crippen molar-refractivity contribution in [2.75, 3.05) is 5.73 Å². The molecule has 0 heterocycles. The SMILES string of the molecule is CCc1ccc(S(=O)(=O)NC(C)c2ccc(N)cc2)cc1. The lowest BCUT2D eigenvalue weighted by Crippen LogP contribution is -2.26. The standard InChI is InChI=1S/C16H20N2O2S/c1-3-13-4-10-16(11-5-13)21(19,20)18-12(2)14-6-8-15(17)9-7-14/h4-12,18H,3,17H2,1-2H3. The third kappa shape index (κ3) is 3.83. The molecule has 3 N–H and O–H groups in total. The fourth-order valence-electron chi connectivity index (χ4n) is 2.06. The number of benzene rings is 2. The first-order valence-corrected chi connectivity index (χ1v) is 8.37. The van der Waals surface area contributed by atoms with Gasteiger partial charge in [-0.1, -0.05) is 31.2 Å². The fourth-order valence-corrected chi connectivity index (χ4v) is 3.29. The van der Waals surface area contributed by atoms with Crippen LogP contribution in [-0.2, 0) is 16.4 Å². The van der Waals surface area contributed by atoms with Crippen LogP contribution in [0.5, 0.6) is 0 Å². The van der Waals surface area contributed by atoms with Gasteiger partial charge in [-0.15, -0.1) is 0 Å². The van der Waals surface area contributed by atoms with E-state index in [4.69, 9.17) is 5.73 Å². The smallest absolute Gasteiger partial charge is 0.241 e. The number of anilines is 1. The van der Waals surface area contributed by atoms with Gasteiger partial charge in [0.15, 0.2) is 0 Å². The number of nitrogens with two attached hydrogens (primary N) is 1. The Morgan fingerprint density at radius 3 is 2.14 bits per heavy atom. The van der Waals surface area contributed by atoms with Crippen LogP contribution >= 0.6 is 0 Å². The number of nitrogens with one attached hydrogen (secondary N) is 1. The van der Waals surface area contributed by atoms with Crippen molar-refractivity contribution in [2.24, 2.45) is 0 Å². The largest absolute Gasteiger partial charge is 0.399 e. The third-order valence-corrected chi connectivity index (χ3v) is 4.97. The Kier molecular flexibility index (Phi) is 4.65. The van der Waals surface area contributed by atoms with Crippen LogP contribution in [0.3, 0.4) is 0 Å². The molecule has 1 unspecified atom stereocenters. The predicted molar refractivity (Wildman–Crippen MR) is 85.4 cm³/mol. The summed E-state index contributed by atoms with van der Waals surface area (Å²) < 4.78 is 27.4. The maximum atomic E-state index is 12.3. The molecule has 21 heavy (non-hydrogen) atoms. The number of hydrogen-bond donors (Lipinski definition) is 2. The summed E-state index contributed by atoms with van der Waals surface area (Å²) in [5, 5.41) is 0. The Morgan fingerprint density at radius 2 is 1.62 bits per heavy atom. The minimum absolute atomic E-state index is 0.280. The highest BCUT2D eigenvalue weighted by atomic mass is 32.2. The fraction of sp³-hybridized carbons (Fsp3) is 0.250. The van der Waals surface area contributed by atoms with E-state index < -0.39 is 10.0 Å². The van der Waals surface area contributed by atoms with Crippen LogP contribution in [0, 0.1) is 0 Å². The molecule has 4 nitrogen and oxygen atoms in total. The zero-order chi connectivity index (χ0) is 15.5. The Morgan fingerprint density at radius 1 is 1.05 bits per heavy atom. The molecule has 2 aromatic rings. The topological polar surface area (TPSA) is 72.2 Å². The van der Waals surface area contributed by atoms with Crippen LogP contribution in [0.4, 0.5) is 5.69 Å². The normalized spacial score (nSPS) is 13.0. The first-order valence-electron chi connectivity index (χ1n) is 6.89. The summed E-state index contributed by atoms with van der Waals surface area (Å²) in [6, 6.07) is 13.8. The molecule has 1 atom stereocenters. The Labute approximate surface area is 126 Å². The summed E-state index contributed by atoms with van der Waals surface area (Å²) in [7, 11) is -3.52. The average molecular weight is 304 g/mol. The second kappa shape index (κ2) is 6.28. The van der Waals surface area contributed by atoms with Crippen molar-refractivity contribution >= 4 is 15.7 Å². The molecule has 0 aliphatic heterocycles. The molecule has 0 fully saturated rings. The van der Waals surface area contributed by atoms with Crippen LogP contribution in [-0.4, -0.2) is 8.42 Å². The summed E-state index contributed by atoms with van der Waals surface area (Å²) in [5.41, 5.74) is 8.27. The Hall–Kier alpha value is -1.85. The monoisotopic (exact) mass is 304 g/mol. The van der Waals surface area contributed by atoms with E-state index in [9.17, 15) is 8.42 Å². The maximum absolute atomic E-state index is 12.3. The number of sulfonamides is 1. The summed E-state index contributed by atoms with van der Waals surface area (Å²) >= 11 is 0. The predicted octanol–water partition coefficient (Wildman–Crippen LogP) is 2.87. The molecule has 0 saturated heterocycles. The van der Waals surface area contributed by atoms with E-state index in [1.165, 1.54) is 0 Å². The van der Waals surface area contributed by atoms with Crippen molar-refractivity contribution in [3.8, 4) is 0 Å². The van der Waals surface area contributed by atoms with E-state index in [1.807, 2.05) is 38.1 Å². The zero-order valence-corrected chi connectivity index (χ0v) is 13.0. The molecule has 0 spiro atoms.